The van der Waals surface area contributed by atoms with Gasteiger partial charge >= 0.3 is 0 Å². The largest absolute Gasteiger partial charge is 0.494 e. The van der Waals surface area contributed by atoms with Gasteiger partial charge in [-0.15, -0.1) is 0 Å². The van der Waals surface area contributed by atoms with Crippen LogP contribution < -0.4 is 4.74 Å². The lowest BCUT2D eigenvalue weighted by Crippen LogP contribution is -2.04. The molecule has 3 aromatic rings. The van der Waals surface area contributed by atoms with Crippen LogP contribution in [0.2, 0.25) is 0 Å². The Balaban J connectivity index is 2.02. The van der Waals surface area contributed by atoms with Gasteiger partial charge in [0, 0.05) is 0 Å². The Morgan fingerprint density at radius 3 is 1.55 bits per heavy atom. The molecule has 0 spiro atoms. The molecule has 1 radical (unpaired) electrons. The number of rotatable bonds is 5. The van der Waals surface area contributed by atoms with Crippen LogP contribution in [0.5, 0.6) is 5.75 Å². The number of hydrogen-bond donors (Lipinski definition) is 0. The highest BCUT2D eigenvalue weighted by molar-refractivity contribution is 5.57. The van der Waals surface area contributed by atoms with E-state index in [0.717, 1.165) is 5.75 Å². The Bertz CT molecular complexity index is 647. The maximum Gasteiger partial charge on any atom is 0.119 e. The third-order valence-electron chi connectivity index (χ3n) is 3.58. The van der Waals surface area contributed by atoms with Crippen molar-refractivity contribution < 1.29 is 4.74 Å². The fraction of sp³-hybridized carbons (Fsp3) is 0.0952. The summed E-state index contributed by atoms with van der Waals surface area (Å²) < 4.78 is 5.54. The molecule has 0 saturated carbocycles. The Labute approximate surface area is 132 Å². The molecule has 0 aliphatic carbocycles. The molecule has 1 nitrogen and oxygen atoms in total. The number of benzene rings is 3. The second kappa shape index (κ2) is 6.95. The fourth-order valence-electron chi connectivity index (χ4n) is 2.59. The van der Waals surface area contributed by atoms with Crippen LogP contribution in [-0.4, -0.2) is 6.61 Å². The van der Waals surface area contributed by atoms with Crippen LogP contribution >= 0.6 is 0 Å². The molecular weight excluding hydrogens is 268 g/mol. The molecule has 0 unspecified atom stereocenters. The van der Waals surface area contributed by atoms with Gasteiger partial charge in [0.2, 0.25) is 0 Å². The molecule has 0 aliphatic rings. The van der Waals surface area contributed by atoms with E-state index in [-0.39, 0.29) is 0 Å². The fourth-order valence-corrected chi connectivity index (χ4v) is 2.59. The van der Waals surface area contributed by atoms with Gasteiger partial charge in [0.05, 0.1) is 12.5 Å². The van der Waals surface area contributed by atoms with E-state index in [2.05, 4.69) is 60.7 Å². The van der Waals surface area contributed by atoms with Crippen LogP contribution in [-0.2, 0) is 0 Å². The summed E-state index contributed by atoms with van der Waals surface area (Å²) in [7, 11) is 0. The van der Waals surface area contributed by atoms with Crippen molar-refractivity contribution in [2.75, 3.05) is 6.61 Å². The molecule has 0 bridgehead atoms. The zero-order valence-electron chi connectivity index (χ0n) is 12.7. The monoisotopic (exact) mass is 287 g/mol. The summed E-state index contributed by atoms with van der Waals surface area (Å²) in [5, 5.41) is 0. The van der Waals surface area contributed by atoms with Crippen LogP contribution in [0.4, 0.5) is 0 Å². The zero-order chi connectivity index (χ0) is 15.2. The van der Waals surface area contributed by atoms with Crippen LogP contribution in [0.1, 0.15) is 23.6 Å². The predicted octanol–water partition coefficient (Wildman–Crippen LogP) is 5.10. The lowest BCUT2D eigenvalue weighted by Gasteiger charge is -2.18. The first-order valence-electron chi connectivity index (χ1n) is 7.59. The minimum Gasteiger partial charge on any atom is -0.494 e. The standard InChI is InChI=1S/C21H19O/c1-2-22-20-15-13-19(14-16-20)21(17-9-5-3-6-10-17)18-11-7-4-8-12-18/h3-16H,2H2,1H3. The van der Waals surface area contributed by atoms with Crippen molar-refractivity contribution in [1.82, 2.24) is 0 Å². The van der Waals surface area contributed by atoms with Crippen LogP contribution in [0.25, 0.3) is 0 Å². The molecular formula is C21H19O. The summed E-state index contributed by atoms with van der Waals surface area (Å²) in [5.41, 5.74) is 3.64. The first-order valence-corrected chi connectivity index (χ1v) is 7.59. The first-order chi connectivity index (χ1) is 10.9. The topological polar surface area (TPSA) is 9.23 Å². The van der Waals surface area contributed by atoms with Crippen LogP contribution in [0.15, 0.2) is 84.9 Å². The third-order valence-corrected chi connectivity index (χ3v) is 3.58. The minimum atomic E-state index is 0.688. The quantitative estimate of drug-likeness (QED) is 0.593. The Morgan fingerprint density at radius 2 is 1.09 bits per heavy atom. The van der Waals surface area contributed by atoms with Crippen molar-refractivity contribution in [2.45, 2.75) is 6.92 Å². The SMILES string of the molecule is CCOc1ccc([C](c2ccccc2)c2ccccc2)cc1. The van der Waals surface area contributed by atoms with E-state index < -0.39 is 0 Å². The van der Waals surface area contributed by atoms with Crippen molar-refractivity contribution in [3.05, 3.63) is 108 Å². The Morgan fingerprint density at radius 1 is 0.636 bits per heavy atom. The minimum absolute atomic E-state index is 0.688. The number of ether oxygens (including phenoxy) is 1. The van der Waals surface area contributed by atoms with Gasteiger partial charge in [-0.25, -0.2) is 0 Å². The Hall–Kier alpha value is -2.54. The summed E-state index contributed by atoms with van der Waals surface area (Å²) in [5.74, 6) is 2.15. The lowest BCUT2D eigenvalue weighted by molar-refractivity contribution is 0.340. The first kappa shape index (κ1) is 14.4. The summed E-state index contributed by atoms with van der Waals surface area (Å²) in [6, 6.07) is 29.3. The van der Waals surface area contributed by atoms with Gasteiger partial charge in [-0.3, -0.25) is 0 Å². The highest BCUT2D eigenvalue weighted by Crippen LogP contribution is 2.31. The van der Waals surface area contributed by atoms with E-state index in [1.807, 2.05) is 31.2 Å². The van der Waals surface area contributed by atoms with Crippen molar-refractivity contribution in [2.24, 2.45) is 0 Å². The molecule has 22 heavy (non-hydrogen) atoms. The molecule has 0 amide bonds. The molecule has 0 fully saturated rings. The Kier molecular flexibility index (Phi) is 4.55. The van der Waals surface area contributed by atoms with Gasteiger partial charge in [-0.2, -0.15) is 0 Å². The third kappa shape index (κ3) is 3.20. The van der Waals surface area contributed by atoms with Gasteiger partial charge in [0.15, 0.2) is 0 Å². The van der Waals surface area contributed by atoms with Gasteiger partial charge in [-0.05, 0) is 35.7 Å². The molecule has 0 heterocycles. The molecule has 0 N–H and O–H groups in total. The maximum absolute atomic E-state index is 5.54. The van der Waals surface area contributed by atoms with E-state index in [1.165, 1.54) is 22.6 Å². The molecule has 3 rings (SSSR count). The smallest absolute Gasteiger partial charge is 0.119 e. The predicted molar refractivity (Wildman–Crippen MR) is 91.0 cm³/mol. The second-order valence-corrected chi connectivity index (χ2v) is 5.06. The molecule has 0 saturated heterocycles. The highest BCUT2D eigenvalue weighted by atomic mass is 16.5. The van der Waals surface area contributed by atoms with Crippen LogP contribution in [0.3, 0.4) is 0 Å². The second-order valence-electron chi connectivity index (χ2n) is 5.06. The van der Waals surface area contributed by atoms with Crippen molar-refractivity contribution in [3.63, 3.8) is 0 Å². The zero-order valence-corrected chi connectivity index (χ0v) is 12.7. The lowest BCUT2D eigenvalue weighted by atomic mass is 9.85. The highest BCUT2D eigenvalue weighted by Gasteiger charge is 2.17. The molecule has 0 atom stereocenters. The summed E-state index contributed by atoms with van der Waals surface area (Å²) >= 11 is 0. The van der Waals surface area contributed by atoms with Gasteiger partial charge in [-0.1, -0.05) is 72.8 Å². The molecule has 0 aliphatic heterocycles. The van der Waals surface area contributed by atoms with Crippen LogP contribution in [0, 0.1) is 5.92 Å². The molecule has 0 aromatic heterocycles. The number of hydrogen-bond acceptors (Lipinski definition) is 1. The normalized spacial score (nSPS) is 10.6. The van der Waals surface area contributed by atoms with E-state index in [1.54, 1.807) is 0 Å². The summed E-state index contributed by atoms with van der Waals surface area (Å²) in [4.78, 5) is 0. The van der Waals surface area contributed by atoms with Gasteiger partial charge in [0.1, 0.15) is 5.75 Å². The molecule has 1 heteroatoms. The van der Waals surface area contributed by atoms with Gasteiger partial charge < -0.3 is 4.74 Å². The van der Waals surface area contributed by atoms with E-state index >= 15 is 0 Å². The molecule has 3 aromatic carbocycles. The average molecular weight is 287 g/mol. The average Bonchev–Trinajstić information content (AvgIpc) is 2.59. The maximum atomic E-state index is 5.54. The van der Waals surface area contributed by atoms with E-state index in [4.69, 9.17) is 4.74 Å². The summed E-state index contributed by atoms with van der Waals surface area (Å²) in [6.45, 7) is 2.69. The van der Waals surface area contributed by atoms with Gasteiger partial charge in [0.25, 0.3) is 0 Å². The molecule has 109 valence electrons. The van der Waals surface area contributed by atoms with E-state index in [9.17, 15) is 0 Å². The van der Waals surface area contributed by atoms with E-state index in [0.29, 0.717) is 6.61 Å². The van der Waals surface area contributed by atoms with Crippen molar-refractivity contribution >= 4 is 0 Å². The van der Waals surface area contributed by atoms with Crippen molar-refractivity contribution in [1.29, 1.82) is 0 Å². The van der Waals surface area contributed by atoms with Crippen molar-refractivity contribution in [3.8, 4) is 5.75 Å². The summed E-state index contributed by atoms with van der Waals surface area (Å²) in [6.07, 6.45) is 0.